The van der Waals surface area contributed by atoms with Gasteiger partial charge in [0.05, 0.1) is 4.90 Å². The summed E-state index contributed by atoms with van der Waals surface area (Å²) in [5.41, 5.74) is 0. The molecule has 2 rings (SSSR count). The normalized spacial score (nSPS) is 13.1. The smallest absolute Gasteiger partial charge is 0.241 e. The van der Waals surface area contributed by atoms with Gasteiger partial charge in [-0.15, -0.1) is 0 Å². The summed E-state index contributed by atoms with van der Waals surface area (Å²) >= 11 is 0. The molecule has 0 heterocycles. The van der Waals surface area contributed by atoms with Gasteiger partial charge in [0.15, 0.2) is 0 Å². The average molecular weight is 377 g/mol. The van der Waals surface area contributed by atoms with Gasteiger partial charge in [0.1, 0.15) is 6.04 Å². The third-order valence-electron chi connectivity index (χ3n) is 4.34. The second-order valence-electron chi connectivity index (χ2n) is 6.85. The Bertz CT molecular complexity index is 847. The lowest BCUT2D eigenvalue weighted by molar-refractivity contribution is -0.123. The van der Waals surface area contributed by atoms with E-state index in [0.29, 0.717) is 6.54 Å². The van der Waals surface area contributed by atoms with Crippen LogP contribution in [0.4, 0.5) is 0 Å². The van der Waals surface area contributed by atoms with Crippen molar-refractivity contribution in [3.05, 3.63) is 42.5 Å². The van der Waals surface area contributed by atoms with E-state index in [9.17, 15) is 13.2 Å². The molecule has 142 valence electrons. The highest BCUT2D eigenvalue weighted by Crippen LogP contribution is 2.19. The van der Waals surface area contributed by atoms with E-state index in [1.807, 2.05) is 38.1 Å². The van der Waals surface area contributed by atoms with E-state index < -0.39 is 16.1 Å². The number of benzene rings is 2. The molecular weight excluding hydrogens is 348 g/mol. The highest BCUT2D eigenvalue weighted by atomic mass is 32.2. The van der Waals surface area contributed by atoms with Crippen molar-refractivity contribution in [1.82, 2.24) is 10.0 Å². The lowest BCUT2D eigenvalue weighted by atomic mass is 10.1. The summed E-state index contributed by atoms with van der Waals surface area (Å²) in [5, 5.41) is 4.66. The quantitative estimate of drug-likeness (QED) is 0.658. The van der Waals surface area contributed by atoms with Gasteiger partial charge in [-0.25, -0.2) is 8.42 Å². The van der Waals surface area contributed by atoms with Gasteiger partial charge in [0, 0.05) is 6.54 Å². The number of rotatable bonds is 9. The van der Waals surface area contributed by atoms with Gasteiger partial charge in [-0.3, -0.25) is 4.79 Å². The fraction of sp³-hybridized carbons (Fsp3) is 0.450. The van der Waals surface area contributed by atoms with Gasteiger partial charge in [0.2, 0.25) is 15.9 Å². The molecule has 2 aromatic carbocycles. The van der Waals surface area contributed by atoms with Crippen LogP contribution in [0.15, 0.2) is 47.4 Å². The maximum Gasteiger partial charge on any atom is 0.241 e. The van der Waals surface area contributed by atoms with Crippen LogP contribution in [0.25, 0.3) is 10.8 Å². The Labute approximate surface area is 156 Å². The molecule has 0 aliphatic heterocycles. The van der Waals surface area contributed by atoms with Crippen LogP contribution >= 0.6 is 0 Å². The third kappa shape index (κ3) is 5.29. The molecule has 0 aromatic heterocycles. The molecule has 0 fully saturated rings. The van der Waals surface area contributed by atoms with Crippen LogP contribution in [0.3, 0.4) is 0 Å². The number of carbonyl (C=O) groups excluding carboxylic acids is 1. The maximum atomic E-state index is 12.8. The predicted molar refractivity (Wildman–Crippen MR) is 105 cm³/mol. The molecule has 26 heavy (non-hydrogen) atoms. The van der Waals surface area contributed by atoms with Gasteiger partial charge in [-0.1, -0.05) is 63.9 Å². The Morgan fingerprint density at radius 2 is 1.73 bits per heavy atom. The van der Waals surface area contributed by atoms with Crippen LogP contribution in [0.1, 0.15) is 40.0 Å². The van der Waals surface area contributed by atoms with Crippen LogP contribution in [-0.4, -0.2) is 26.9 Å². The van der Waals surface area contributed by atoms with Crippen LogP contribution in [0.5, 0.6) is 0 Å². The van der Waals surface area contributed by atoms with Gasteiger partial charge in [-0.2, -0.15) is 4.72 Å². The zero-order valence-electron chi connectivity index (χ0n) is 15.7. The zero-order chi connectivity index (χ0) is 19.2. The Balaban J connectivity index is 2.16. The van der Waals surface area contributed by atoms with E-state index in [2.05, 4.69) is 17.0 Å². The molecule has 0 bridgehead atoms. The Morgan fingerprint density at radius 1 is 1.04 bits per heavy atom. The predicted octanol–water partition coefficient (Wildman–Crippen LogP) is 3.45. The molecule has 2 N–H and O–H groups in total. The van der Waals surface area contributed by atoms with Gasteiger partial charge in [0.25, 0.3) is 0 Å². The number of nitrogens with one attached hydrogen (secondary N) is 2. The number of fused-ring (bicyclic) bond motifs is 1. The van der Waals surface area contributed by atoms with Crippen molar-refractivity contribution < 1.29 is 13.2 Å². The summed E-state index contributed by atoms with van der Waals surface area (Å²) in [6, 6.07) is 11.8. The Morgan fingerprint density at radius 3 is 2.38 bits per heavy atom. The molecule has 0 aliphatic rings. The van der Waals surface area contributed by atoms with Gasteiger partial charge < -0.3 is 5.32 Å². The summed E-state index contributed by atoms with van der Waals surface area (Å²) in [5.74, 6) is -0.433. The summed E-state index contributed by atoms with van der Waals surface area (Å²) in [6.07, 6.45) is 3.00. The number of sulfonamides is 1. The summed E-state index contributed by atoms with van der Waals surface area (Å²) < 4.78 is 28.1. The summed E-state index contributed by atoms with van der Waals surface area (Å²) in [7, 11) is -3.79. The number of unbranched alkanes of at least 4 members (excludes halogenated alkanes) is 2. The minimum Gasteiger partial charge on any atom is -0.355 e. The lowest BCUT2D eigenvalue weighted by Crippen LogP contribution is -2.49. The largest absolute Gasteiger partial charge is 0.355 e. The van der Waals surface area contributed by atoms with Crippen molar-refractivity contribution in [3.63, 3.8) is 0 Å². The van der Waals surface area contributed by atoms with Crippen LogP contribution < -0.4 is 10.0 Å². The molecule has 0 saturated carbocycles. The maximum absolute atomic E-state index is 12.8. The standard InChI is InChI=1S/C20H28N2O3S/c1-4-5-8-13-21-20(23)19(15(2)3)22-26(24,25)18-12-11-16-9-6-7-10-17(16)14-18/h6-7,9-12,14-15,19,22H,4-5,8,13H2,1-3H3,(H,21,23)/t19-/m1/s1. The average Bonchev–Trinajstić information content (AvgIpc) is 2.62. The second kappa shape index (κ2) is 9.14. The molecule has 0 saturated heterocycles. The number of amides is 1. The number of carbonyl (C=O) groups is 1. The van der Waals surface area contributed by atoms with Crippen molar-refractivity contribution in [2.75, 3.05) is 6.54 Å². The minimum absolute atomic E-state index is 0.156. The molecule has 2 aromatic rings. The van der Waals surface area contributed by atoms with E-state index in [0.717, 1.165) is 30.0 Å². The molecular formula is C20H28N2O3S. The molecule has 0 spiro atoms. The second-order valence-corrected chi connectivity index (χ2v) is 8.56. The van der Waals surface area contributed by atoms with E-state index in [-0.39, 0.29) is 16.7 Å². The molecule has 0 radical (unpaired) electrons. The van der Waals surface area contributed by atoms with E-state index >= 15 is 0 Å². The van der Waals surface area contributed by atoms with Crippen LogP contribution in [-0.2, 0) is 14.8 Å². The minimum atomic E-state index is -3.79. The van der Waals surface area contributed by atoms with Crippen LogP contribution in [0, 0.1) is 5.92 Å². The molecule has 6 heteroatoms. The molecule has 1 amide bonds. The fourth-order valence-corrected chi connectivity index (χ4v) is 4.14. The highest BCUT2D eigenvalue weighted by Gasteiger charge is 2.28. The first-order valence-corrected chi connectivity index (χ1v) is 10.6. The lowest BCUT2D eigenvalue weighted by Gasteiger charge is -2.21. The SMILES string of the molecule is CCCCCNC(=O)[C@H](NS(=O)(=O)c1ccc2ccccc2c1)C(C)C. The fourth-order valence-electron chi connectivity index (χ4n) is 2.76. The van der Waals surface area contributed by atoms with E-state index in [4.69, 9.17) is 0 Å². The van der Waals surface area contributed by atoms with Crippen molar-refractivity contribution in [1.29, 1.82) is 0 Å². The van der Waals surface area contributed by atoms with Crippen molar-refractivity contribution in [2.45, 2.75) is 51.0 Å². The van der Waals surface area contributed by atoms with Crippen molar-refractivity contribution in [3.8, 4) is 0 Å². The van der Waals surface area contributed by atoms with E-state index in [1.165, 1.54) is 0 Å². The Hall–Kier alpha value is -1.92. The first-order chi connectivity index (χ1) is 12.3. The summed E-state index contributed by atoms with van der Waals surface area (Å²) in [6.45, 7) is 6.32. The van der Waals surface area contributed by atoms with Gasteiger partial charge in [-0.05, 0) is 35.2 Å². The Kier molecular flexibility index (Phi) is 7.17. The van der Waals surface area contributed by atoms with Crippen LogP contribution in [0.2, 0.25) is 0 Å². The molecule has 0 unspecified atom stereocenters. The number of hydrogen-bond donors (Lipinski definition) is 2. The van der Waals surface area contributed by atoms with Crippen molar-refractivity contribution in [2.24, 2.45) is 5.92 Å². The highest BCUT2D eigenvalue weighted by molar-refractivity contribution is 7.89. The zero-order valence-corrected chi connectivity index (χ0v) is 16.5. The first-order valence-electron chi connectivity index (χ1n) is 9.14. The number of hydrogen-bond acceptors (Lipinski definition) is 3. The molecule has 0 aliphatic carbocycles. The summed E-state index contributed by atoms with van der Waals surface area (Å²) in [4.78, 5) is 12.6. The first kappa shape index (κ1) is 20.4. The van der Waals surface area contributed by atoms with E-state index in [1.54, 1.807) is 18.2 Å². The monoisotopic (exact) mass is 376 g/mol. The van der Waals surface area contributed by atoms with Gasteiger partial charge >= 0.3 is 0 Å². The van der Waals surface area contributed by atoms with Crippen molar-refractivity contribution >= 4 is 26.7 Å². The third-order valence-corrected chi connectivity index (χ3v) is 5.78. The molecule has 5 nitrogen and oxygen atoms in total. The topological polar surface area (TPSA) is 75.3 Å². The molecule has 1 atom stereocenters.